The second-order valence-corrected chi connectivity index (χ2v) is 2.26. The van der Waals surface area contributed by atoms with Gasteiger partial charge in [0.1, 0.15) is 0 Å². The molecule has 1 heterocycles. The van der Waals surface area contributed by atoms with E-state index in [1.54, 1.807) is 24.3 Å². The van der Waals surface area contributed by atoms with Crippen molar-refractivity contribution in [3.63, 3.8) is 0 Å². The van der Waals surface area contributed by atoms with E-state index < -0.39 is 0 Å². The van der Waals surface area contributed by atoms with Crippen molar-refractivity contribution in [3.05, 3.63) is 24.3 Å². The first-order chi connectivity index (χ1) is 5.29. The summed E-state index contributed by atoms with van der Waals surface area (Å²) >= 11 is 0. The molecule has 2 rings (SSSR count). The molecule has 0 amide bonds. The van der Waals surface area contributed by atoms with Crippen molar-refractivity contribution in [2.75, 3.05) is 0 Å². The van der Waals surface area contributed by atoms with Crippen LogP contribution >= 0.6 is 0 Å². The van der Waals surface area contributed by atoms with E-state index in [-0.39, 0.29) is 11.9 Å². The predicted octanol–water partition coefficient (Wildman–Crippen LogP) is 1.84. The van der Waals surface area contributed by atoms with Crippen LogP contribution in [0.2, 0.25) is 0 Å². The summed E-state index contributed by atoms with van der Waals surface area (Å²) in [5, 5.41) is 19.2. The minimum atomic E-state index is -0.238. The largest absolute Gasteiger partial charge is 0.480 e. The van der Waals surface area contributed by atoms with Gasteiger partial charge >= 0.3 is 0 Å². The van der Waals surface area contributed by atoms with E-state index in [0.29, 0.717) is 10.8 Å². The third-order valence-corrected chi connectivity index (χ3v) is 1.58. The molecule has 0 spiro atoms. The van der Waals surface area contributed by atoms with Gasteiger partial charge in [-0.2, -0.15) is 0 Å². The number of hydrogen-bond donors (Lipinski definition) is 2. The molecule has 11 heavy (non-hydrogen) atoms. The number of hydrogen-bond acceptors (Lipinski definition) is 3. The third kappa shape index (κ3) is 0.741. The normalized spacial score (nSPS) is 10.5. The zero-order valence-electron chi connectivity index (χ0n) is 5.61. The monoisotopic (exact) mass is 150 g/mol. The summed E-state index contributed by atoms with van der Waals surface area (Å²) in [7, 11) is 0. The summed E-state index contributed by atoms with van der Waals surface area (Å²) in [6.07, 6.45) is 0. The molecule has 2 N–H and O–H groups in total. The first-order valence-corrected chi connectivity index (χ1v) is 3.18. The average Bonchev–Trinajstić information content (AvgIpc) is 2.30. The highest BCUT2D eigenvalue weighted by Crippen LogP contribution is 2.34. The Morgan fingerprint density at radius 2 is 1.36 bits per heavy atom. The van der Waals surface area contributed by atoms with Crippen molar-refractivity contribution < 1.29 is 14.6 Å². The van der Waals surface area contributed by atoms with E-state index >= 15 is 0 Å². The topological polar surface area (TPSA) is 53.6 Å². The van der Waals surface area contributed by atoms with Gasteiger partial charge in [0.05, 0.1) is 10.8 Å². The summed E-state index contributed by atoms with van der Waals surface area (Å²) in [4.78, 5) is 0. The van der Waals surface area contributed by atoms with E-state index in [9.17, 15) is 0 Å². The summed E-state index contributed by atoms with van der Waals surface area (Å²) in [5.74, 6) is -0.476. The van der Waals surface area contributed by atoms with Crippen LogP contribution in [0.25, 0.3) is 10.8 Å². The molecule has 0 saturated heterocycles. The lowest BCUT2D eigenvalue weighted by Crippen LogP contribution is -1.61. The van der Waals surface area contributed by atoms with Crippen LogP contribution in [0.15, 0.2) is 28.7 Å². The molecule has 1 aromatic heterocycles. The van der Waals surface area contributed by atoms with Crippen LogP contribution in [-0.4, -0.2) is 10.2 Å². The summed E-state index contributed by atoms with van der Waals surface area (Å²) in [6, 6.07) is 6.87. The Hall–Kier alpha value is -1.64. The first kappa shape index (κ1) is 6.09. The van der Waals surface area contributed by atoms with Crippen LogP contribution < -0.4 is 0 Å². The van der Waals surface area contributed by atoms with Crippen molar-refractivity contribution in [1.82, 2.24) is 0 Å². The Kier molecular flexibility index (Phi) is 1.06. The Labute approximate surface area is 62.5 Å². The van der Waals surface area contributed by atoms with E-state index in [4.69, 9.17) is 10.2 Å². The second-order valence-electron chi connectivity index (χ2n) is 2.26. The molecule has 0 bridgehead atoms. The zero-order valence-corrected chi connectivity index (χ0v) is 5.61. The highest BCUT2D eigenvalue weighted by atomic mass is 16.5. The molecule has 2 aromatic rings. The molecule has 3 heteroatoms. The highest BCUT2D eigenvalue weighted by molar-refractivity contribution is 5.90. The molecule has 0 unspecified atom stereocenters. The maximum atomic E-state index is 9.07. The third-order valence-electron chi connectivity index (χ3n) is 1.58. The van der Waals surface area contributed by atoms with Crippen molar-refractivity contribution in [2.45, 2.75) is 0 Å². The van der Waals surface area contributed by atoms with Gasteiger partial charge in [-0.25, -0.2) is 0 Å². The van der Waals surface area contributed by atoms with Gasteiger partial charge in [0.15, 0.2) is 0 Å². The van der Waals surface area contributed by atoms with Gasteiger partial charge in [0.25, 0.3) is 11.9 Å². The van der Waals surface area contributed by atoms with Gasteiger partial charge in [0.2, 0.25) is 0 Å². The fraction of sp³-hybridized carbons (Fsp3) is 0. The molecular formula is C8H6O3. The van der Waals surface area contributed by atoms with Gasteiger partial charge in [-0.05, 0) is 12.1 Å². The van der Waals surface area contributed by atoms with Crippen LogP contribution in [0, 0.1) is 0 Å². The zero-order chi connectivity index (χ0) is 7.84. The number of furan rings is 1. The quantitative estimate of drug-likeness (QED) is 0.602. The Morgan fingerprint density at radius 1 is 0.909 bits per heavy atom. The lowest BCUT2D eigenvalue weighted by Gasteiger charge is -1.83. The fourth-order valence-corrected chi connectivity index (χ4v) is 1.06. The molecule has 56 valence electrons. The smallest absolute Gasteiger partial charge is 0.293 e. The number of aromatic hydroxyl groups is 2. The lowest BCUT2D eigenvalue weighted by atomic mass is 10.2. The maximum Gasteiger partial charge on any atom is 0.293 e. The lowest BCUT2D eigenvalue weighted by molar-refractivity contribution is 0.270. The fourth-order valence-electron chi connectivity index (χ4n) is 1.06. The van der Waals surface area contributed by atoms with Crippen LogP contribution in [-0.2, 0) is 0 Å². The van der Waals surface area contributed by atoms with Gasteiger partial charge in [-0.1, -0.05) is 12.1 Å². The predicted molar refractivity (Wildman–Crippen MR) is 39.5 cm³/mol. The molecule has 0 saturated carbocycles. The molecule has 0 aliphatic rings. The first-order valence-electron chi connectivity index (χ1n) is 3.18. The SMILES string of the molecule is Oc1oc(O)c2ccccc12. The molecule has 0 fully saturated rings. The van der Waals surface area contributed by atoms with E-state index in [0.717, 1.165) is 0 Å². The van der Waals surface area contributed by atoms with Crippen LogP contribution in [0.1, 0.15) is 0 Å². The second kappa shape index (κ2) is 1.92. The molecule has 0 radical (unpaired) electrons. The van der Waals surface area contributed by atoms with Gasteiger partial charge < -0.3 is 14.6 Å². The average molecular weight is 150 g/mol. The van der Waals surface area contributed by atoms with Crippen LogP contribution in [0.3, 0.4) is 0 Å². The van der Waals surface area contributed by atoms with Crippen molar-refractivity contribution >= 4 is 10.8 Å². The number of benzene rings is 1. The van der Waals surface area contributed by atoms with E-state index in [1.807, 2.05) is 0 Å². The number of fused-ring (bicyclic) bond motifs is 1. The Balaban J connectivity index is 2.95. The Morgan fingerprint density at radius 3 is 1.82 bits per heavy atom. The molecule has 0 atom stereocenters. The molecule has 1 aromatic carbocycles. The highest BCUT2D eigenvalue weighted by Gasteiger charge is 2.08. The van der Waals surface area contributed by atoms with Gasteiger partial charge in [-0.15, -0.1) is 0 Å². The van der Waals surface area contributed by atoms with Crippen LogP contribution in [0.4, 0.5) is 0 Å². The van der Waals surface area contributed by atoms with Gasteiger partial charge in [-0.3, -0.25) is 0 Å². The summed E-state index contributed by atoms with van der Waals surface area (Å²) < 4.78 is 4.58. The van der Waals surface area contributed by atoms with E-state index in [1.165, 1.54) is 0 Å². The molecule has 0 aliphatic carbocycles. The van der Waals surface area contributed by atoms with Crippen molar-refractivity contribution in [2.24, 2.45) is 0 Å². The summed E-state index contributed by atoms with van der Waals surface area (Å²) in [5.41, 5.74) is 0. The van der Waals surface area contributed by atoms with E-state index in [2.05, 4.69) is 4.42 Å². The number of rotatable bonds is 0. The molecule has 3 nitrogen and oxygen atoms in total. The van der Waals surface area contributed by atoms with Crippen molar-refractivity contribution in [1.29, 1.82) is 0 Å². The van der Waals surface area contributed by atoms with Gasteiger partial charge in [0, 0.05) is 0 Å². The Bertz CT molecular complexity index is 353. The minimum absolute atomic E-state index is 0.238. The minimum Gasteiger partial charge on any atom is -0.480 e. The maximum absolute atomic E-state index is 9.07. The molecule has 0 aliphatic heterocycles. The summed E-state index contributed by atoms with van der Waals surface area (Å²) in [6.45, 7) is 0. The standard InChI is InChI=1S/C8H6O3/c9-7-5-3-1-2-4-6(5)8(10)11-7/h1-4,9-10H. The van der Waals surface area contributed by atoms with Crippen LogP contribution in [0.5, 0.6) is 11.9 Å². The van der Waals surface area contributed by atoms with Crippen molar-refractivity contribution in [3.8, 4) is 11.9 Å². The molecular weight excluding hydrogens is 144 g/mol.